The van der Waals surface area contributed by atoms with Crippen LogP contribution in [0.3, 0.4) is 0 Å². The summed E-state index contributed by atoms with van der Waals surface area (Å²) in [6.45, 7) is 15.2. The van der Waals surface area contributed by atoms with Gasteiger partial charge in [-0.15, -0.1) is 24.0 Å². The van der Waals surface area contributed by atoms with E-state index in [0.29, 0.717) is 12.8 Å². The number of ether oxygens (including phenoxy) is 2. The molecule has 1 aromatic rings. The number of aliphatic imine (C=N–C) groups is 1. The van der Waals surface area contributed by atoms with Gasteiger partial charge in [0.25, 0.3) is 0 Å². The minimum Gasteiger partial charge on any atom is -0.454 e. The lowest BCUT2D eigenvalue weighted by Crippen LogP contribution is -2.50. The van der Waals surface area contributed by atoms with Crippen molar-refractivity contribution in [2.75, 3.05) is 59.2 Å². The Labute approximate surface area is 192 Å². The van der Waals surface area contributed by atoms with Gasteiger partial charge in [0.1, 0.15) is 0 Å². The molecule has 0 aromatic heterocycles. The van der Waals surface area contributed by atoms with Crippen molar-refractivity contribution in [2.45, 2.75) is 33.2 Å². The zero-order valence-corrected chi connectivity index (χ0v) is 20.3. The molecule has 164 valence electrons. The van der Waals surface area contributed by atoms with E-state index in [0.717, 1.165) is 63.1 Å². The highest BCUT2D eigenvalue weighted by atomic mass is 127. The summed E-state index contributed by atoms with van der Waals surface area (Å²) >= 11 is 0. The average molecular weight is 517 g/mol. The van der Waals surface area contributed by atoms with Gasteiger partial charge in [0.2, 0.25) is 6.79 Å². The lowest BCUT2D eigenvalue weighted by atomic mass is 10.1. The van der Waals surface area contributed by atoms with Crippen LogP contribution in [0.15, 0.2) is 23.2 Å². The highest BCUT2D eigenvalue weighted by Gasteiger charge is 2.20. The second-order valence-corrected chi connectivity index (χ2v) is 7.40. The molecule has 0 saturated carbocycles. The summed E-state index contributed by atoms with van der Waals surface area (Å²) in [6.07, 6.45) is 0.912. The minimum atomic E-state index is 0. The number of rotatable bonds is 8. The number of nitrogens with zero attached hydrogens (tertiary/aromatic N) is 3. The maximum Gasteiger partial charge on any atom is 0.231 e. The third-order valence-electron chi connectivity index (χ3n) is 5.48. The highest BCUT2D eigenvalue weighted by molar-refractivity contribution is 14.0. The van der Waals surface area contributed by atoms with Crippen molar-refractivity contribution in [3.8, 4) is 11.5 Å². The van der Waals surface area contributed by atoms with Gasteiger partial charge >= 0.3 is 0 Å². The number of guanidine groups is 1. The quantitative estimate of drug-likeness (QED) is 0.313. The van der Waals surface area contributed by atoms with Gasteiger partial charge < -0.3 is 25.0 Å². The number of hydrogen-bond acceptors (Lipinski definition) is 5. The highest BCUT2D eigenvalue weighted by Crippen LogP contribution is 2.32. The first-order valence-corrected chi connectivity index (χ1v) is 10.6. The van der Waals surface area contributed by atoms with E-state index in [-0.39, 0.29) is 24.0 Å². The molecule has 2 aliphatic heterocycles. The van der Waals surface area contributed by atoms with Gasteiger partial charge in [0.05, 0.1) is 6.54 Å². The fourth-order valence-electron chi connectivity index (χ4n) is 3.62. The molecule has 1 saturated heterocycles. The van der Waals surface area contributed by atoms with Crippen molar-refractivity contribution in [3.63, 3.8) is 0 Å². The lowest BCUT2D eigenvalue weighted by Gasteiger charge is -2.37. The van der Waals surface area contributed by atoms with Gasteiger partial charge in [-0.2, -0.15) is 0 Å². The molecule has 2 N–H and O–H groups in total. The summed E-state index contributed by atoms with van der Waals surface area (Å²) in [5.74, 6) is 2.57. The van der Waals surface area contributed by atoms with Crippen molar-refractivity contribution < 1.29 is 9.47 Å². The molecule has 0 amide bonds. The second kappa shape index (κ2) is 12.4. The van der Waals surface area contributed by atoms with Crippen LogP contribution < -0.4 is 20.1 Å². The van der Waals surface area contributed by atoms with Crippen molar-refractivity contribution in [2.24, 2.45) is 4.99 Å². The van der Waals surface area contributed by atoms with Crippen molar-refractivity contribution in [1.29, 1.82) is 0 Å². The topological polar surface area (TPSA) is 61.4 Å². The Hall–Kier alpha value is -1.26. The van der Waals surface area contributed by atoms with Gasteiger partial charge in [-0.05, 0) is 44.5 Å². The Morgan fingerprint density at radius 1 is 1.10 bits per heavy atom. The van der Waals surface area contributed by atoms with Crippen molar-refractivity contribution in [3.05, 3.63) is 23.8 Å². The number of benzene rings is 1. The molecule has 1 aromatic carbocycles. The van der Waals surface area contributed by atoms with Crippen molar-refractivity contribution in [1.82, 2.24) is 20.4 Å². The molecule has 0 radical (unpaired) electrons. The Morgan fingerprint density at radius 2 is 1.86 bits per heavy atom. The van der Waals surface area contributed by atoms with Crippen LogP contribution in [-0.4, -0.2) is 81.0 Å². The number of fused-ring (bicyclic) bond motifs is 1. The number of halogens is 1. The van der Waals surface area contributed by atoms with Crippen LogP contribution in [0.5, 0.6) is 11.5 Å². The molecule has 2 heterocycles. The van der Waals surface area contributed by atoms with E-state index in [1.165, 1.54) is 18.7 Å². The predicted octanol–water partition coefficient (Wildman–Crippen LogP) is 2.16. The van der Waals surface area contributed by atoms with E-state index in [9.17, 15) is 0 Å². The third-order valence-corrected chi connectivity index (χ3v) is 5.48. The third kappa shape index (κ3) is 7.18. The summed E-state index contributed by atoms with van der Waals surface area (Å²) in [5, 5.41) is 6.80. The Kier molecular flexibility index (Phi) is 10.3. The molecule has 7 nitrogen and oxygen atoms in total. The molecular weight excluding hydrogens is 481 g/mol. The van der Waals surface area contributed by atoms with Crippen LogP contribution in [0.1, 0.15) is 26.3 Å². The lowest BCUT2D eigenvalue weighted by molar-refractivity contribution is 0.109. The number of piperazine rings is 1. The van der Waals surface area contributed by atoms with Crippen LogP contribution in [0.2, 0.25) is 0 Å². The second-order valence-electron chi connectivity index (χ2n) is 7.40. The molecular formula is C21H36IN5O2. The first kappa shape index (κ1) is 24.0. The average Bonchev–Trinajstić information content (AvgIpc) is 3.19. The molecule has 1 unspecified atom stereocenters. The Morgan fingerprint density at radius 3 is 2.59 bits per heavy atom. The first-order chi connectivity index (χ1) is 13.7. The van der Waals surface area contributed by atoms with Gasteiger partial charge in [-0.3, -0.25) is 9.89 Å². The van der Waals surface area contributed by atoms with Gasteiger partial charge in [-0.25, -0.2) is 0 Å². The molecule has 0 bridgehead atoms. The van der Waals surface area contributed by atoms with Gasteiger partial charge in [-0.1, -0.05) is 13.0 Å². The zero-order chi connectivity index (χ0) is 19.8. The van der Waals surface area contributed by atoms with Crippen LogP contribution in [0.4, 0.5) is 0 Å². The van der Waals surface area contributed by atoms with Crippen molar-refractivity contribution >= 4 is 29.9 Å². The van der Waals surface area contributed by atoms with E-state index in [4.69, 9.17) is 14.5 Å². The maximum atomic E-state index is 5.46. The number of likely N-dealkylation sites (N-methyl/N-ethyl adjacent to an activating group) is 1. The van der Waals surface area contributed by atoms with Crippen LogP contribution in [0, 0.1) is 0 Å². The van der Waals surface area contributed by atoms with E-state index >= 15 is 0 Å². The molecule has 2 aliphatic rings. The fourth-order valence-corrected chi connectivity index (χ4v) is 3.62. The van der Waals surface area contributed by atoms with Crippen LogP contribution in [-0.2, 0) is 6.42 Å². The van der Waals surface area contributed by atoms with Crippen LogP contribution in [0.25, 0.3) is 0 Å². The molecule has 0 spiro atoms. The van der Waals surface area contributed by atoms with E-state index in [1.54, 1.807) is 0 Å². The molecule has 3 rings (SSSR count). The number of nitrogens with one attached hydrogen (secondary N) is 2. The molecule has 29 heavy (non-hydrogen) atoms. The Balaban J connectivity index is 0.00000300. The monoisotopic (exact) mass is 517 g/mol. The summed E-state index contributed by atoms with van der Waals surface area (Å²) in [5.41, 5.74) is 1.23. The summed E-state index contributed by atoms with van der Waals surface area (Å²) in [6, 6.07) is 6.60. The predicted molar refractivity (Wildman–Crippen MR) is 129 cm³/mol. The smallest absolute Gasteiger partial charge is 0.231 e. The first-order valence-electron chi connectivity index (χ1n) is 10.6. The van der Waals surface area contributed by atoms with E-state index in [2.05, 4.69) is 53.3 Å². The minimum absolute atomic E-state index is 0. The summed E-state index contributed by atoms with van der Waals surface area (Å²) < 4.78 is 10.8. The largest absolute Gasteiger partial charge is 0.454 e. The number of hydrogen-bond donors (Lipinski definition) is 2. The molecule has 1 atom stereocenters. The van der Waals surface area contributed by atoms with Crippen LogP contribution >= 0.6 is 24.0 Å². The van der Waals surface area contributed by atoms with Gasteiger partial charge in [0.15, 0.2) is 17.5 Å². The Bertz CT molecular complexity index is 650. The van der Waals surface area contributed by atoms with E-state index < -0.39 is 0 Å². The zero-order valence-electron chi connectivity index (χ0n) is 17.9. The summed E-state index contributed by atoms with van der Waals surface area (Å²) in [7, 11) is 0. The van der Waals surface area contributed by atoms with Gasteiger partial charge in [0, 0.05) is 45.3 Å². The van der Waals surface area contributed by atoms with E-state index in [1.807, 2.05) is 6.07 Å². The normalized spacial score (nSPS) is 18.2. The standard InChI is InChI=1S/C21H35N5O2.HI/c1-4-22-21(24-15-17(3)26-12-10-25(5-2)11-13-26)23-9-8-18-6-7-19-20(14-18)28-16-27-19;/h6-7,14,17H,4-5,8-13,15-16H2,1-3H3,(H2,22,23,24);1H. The molecule has 0 aliphatic carbocycles. The molecule has 8 heteroatoms. The summed E-state index contributed by atoms with van der Waals surface area (Å²) in [4.78, 5) is 9.87. The SMILES string of the molecule is CCNC(=NCC(C)N1CCN(CC)CC1)NCCc1ccc2c(c1)OCO2.I. The maximum absolute atomic E-state index is 5.46. The fraction of sp³-hybridized carbons (Fsp3) is 0.667. The molecule has 1 fully saturated rings.